The summed E-state index contributed by atoms with van der Waals surface area (Å²) in [6.07, 6.45) is 2.36. The van der Waals surface area contributed by atoms with Gasteiger partial charge in [-0.2, -0.15) is 0 Å². The molecule has 0 spiro atoms. The van der Waals surface area contributed by atoms with Crippen molar-refractivity contribution in [2.24, 2.45) is 0 Å². The number of nitrogens with one attached hydrogen (secondary N) is 1. The van der Waals surface area contributed by atoms with E-state index in [4.69, 9.17) is 27.9 Å². The number of anilines is 2. The van der Waals surface area contributed by atoms with Gasteiger partial charge in [0, 0.05) is 41.8 Å². The van der Waals surface area contributed by atoms with Crippen LogP contribution in [0.1, 0.15) is 20.8 Å². The lowest BCUT2D eigenvalue weighted by atomic mass is 10.1. The molecule has 1 aliphatic heterocycles. The number of halogens is 2. The third kappa shape index (κ3) is 4.90. The van der Waals surface area contributed by atoms with Gasteiger partial charge in [0.15, 0.2) is 5.13 Å². The van der Waals surface area contributed by atoms with Gasteiger partial charge in [-0.3, -0.25) is 10.1 Å². The van der Waals surface area contributed by atoms with Crippen molar-refractivity contribution < 1.29 is 9.53 Å². The Bertz CT molecular complexity index is 1000. The predicted octanol–water partition coefficient (Wildman–Crippen LogP) is 5.13. The standard InChI is InChI=1S/C21H19Cl2N3O2S/c22-18-3-1-2-15(19(18)23)12-17-13-24-21(29-17)25-20(27)14-4-6-16(7-5-14)26-8-10-28-11-9-26/h1-7,13H,8-12H2,(H,24,25,27). The first kappa shape index (κ1) is 20.2. The number of hydrogen-bond acceptors (Lipinski definition) is 5. The zero-order chi connectivity index (χ0) is 20.2. The minimum Gasteiger partial charge on any atom is -0.378 e. The Kier molecular flexibility index (Phi) is 6.35. The highest BCUT2D eigenvalue weighted by Crippen LogP contribution is 2.29. The van der Waals surface area contributed by atoms with E-state index in [1.54, 1.807) is 12.3 Å². The molecule has 1 fully saturated rings. The zero-order valence-corrected chi connectivity index (χ0v) is 17.9. The Balaban J connectivity index is 1.39. The van der Waals surface area contributed by atoms with Crippen LogP contribution in [0.3, 0.4) is 0 Å². The molecule has 0 unspecified atom stereocenters. The second kappa shape index (κ2) is 9.13. The van der Waals surface area contributed by atoms with Crippen molar-refractivity contribution in [1.82, 2.24) is 4.98 Å². The zero-order valence-electron chi connectivity index (χ0n) is 15.5. The number of aromatic nitrogens is 1. The molecular formula is C21H19Cl2N3O2S. The van der Waals surface area contributed by atoms with E-state index in [2.05, 4.69) is 15.2 Å². The summed E-state index contributed by atoms with van der Waals surface area (Å²) in [5, 5.41) is 4.50. The van der Waals surface area contributed by atoms with Gasteiger partial charge < -0.3 is 9.64 Å². The van der Waals surface area contributed by atoms with Gasteiger partial charge >= 0.3 is 0 Å². The van der Waals surface area contributed by atoms with E-state index in [1.807, 2.05) is 36.4 Å². The number of rotatable bonds is 5. The number of amides is 1. The fraction of sp³-hybridized carbons (Fsp3) is 0.238. The average Bonchev–Trinajstić information content (AvgIpc) is 3.19. The molecule has 1 N–H and O–H groups in total. The van der Waals surface area contributed by atoms with Crippen LogP contribution in [0, 0.1) is 0 Å². The van der Waals surface area contributed by atoms with E-state index in [-0.39, 0.29) is 5.91 Å². The molecule has 1 saturated heterocycles. The van der Waals surface area contributed by atoms with Crippen molar-refractivity contribution in [2.45, 2.75) is 6.42 Å². The minimum absolute atomic E-state index is 0.180. The van der Waals surface area contributed by atoms with E-state index < -0.39 is 0 Å². The summed E-state index contributed by atoms with van der Waals surface area (Å²) in [5.41, 5.74) is 2.62. The monoisotopic (exact) mass is 447 g/mol. The average molecular weight is 448 g/mol. The molecule has 1 aromatic heterocycles. The van der Waals surface area contributed by atoms with Crippen molar-refractivity contribution in [1.29, 1.82) is 0 Å². The van der Waals surface area contributed by atoms with E-state index in [0.29, 0.717) is 27.2 Å². The number of benzene rings is 2. The van der Waals surface area contributed by atoms with Crippen molar-refractivity contribution in [3.63, 3.8) is 0 Å². The molecule has 150 valence electrons. The van der Waals surface area contributed by atoms with Gasteiger partial charge in [0.05, 0.1) is 23.3 Å². The highest BCUT2D eigenvalue weighted by molar-refractivity contribution is 7.15. The number of morpholine rings is 1. The summed E-state index contributed by atoms with van der Waals surface area (Å²) >= 11 is 13.8. The van der Waals surface area contributed by atoms with E-state index in [1.165, 1.54) is 11.3 Å². The largest absolute Gasteiger partial charge is 0.378 e. The van der Waals surface area contributed by atoms with Crippen molar-refractivity contribution in [3.8, 4) is 0 Å². The van der Waals surface area contributed by atoms with Gasteiger partial charge in [-0.1, -0.05) is 35.3 Å². The van der Waals surface area contributed by atoms with Crippen LogP contribution in [0.2, 0.25) is 10.0 Å². The number of thiazole rings is 1. The lowest BCUT2D eigenvalue weighted by molar-refractivity contribution is 0.102. The first-order chi connectivity index (χ1) is 14.1. The van der Waals surface area contributed by atoms with Gasteiger partial charge in [0.2, 0.25) is 0 Å². The topological polar surface area (TPSA) is 54.5 Å². The molecule has 0 atom stereocenters. The molecule has 0 aliphatic carbocycles. The van der Waals surface area contributed by atoms with Gasteiger partial charge in [-0.05, 0) is 35.9 Å². The first-order valence-corrected chi connectivity index (χ1v) is 10.8. The fourth-order valence-electron chi connectivity index (χ4n) is 3.13. The van der Waals surface area contributed by atoms with Crippen LogP contribution in [0.5, 0.6) is 0 Å². The Labute approximate surface area is 183 Å². The lowest BCUT2D eigenvalue weighted by Crippen LogP contribution is -2.36. The molecule has 29 heavy (non-hydrogen) atoms. The summed E-state index contributed by atoms with van der Waals surface area (Å²) in [6, 6.07) is 13.2. The molecule has 5 nitrogen and oxygen atoms in total. The molecule has 4 rings (SSSR count). The maximum atomic E-state index is 12.6. The van der Waals surface area contributed by atoms with Crippen LogP contribution >= 0.6 is 34.5 Å². The molecule has 2 heterocycles. The number of carbonyl (C=O) groups excluding carboxylic acids is 1. The first-order valence-electron chi connectivity index (χ1n) is 9.22. The molecule has 0 radical (unpaired) electrons. The van der Waals surface area contributed by atoms with Crippen LogP contribution in [-0.4, -0.2) is 37.2 Å². The van der Waals surface area contributed by atoms with Gasteiger partial charge in [0.25, 0.3) is 5.91 Å². The fourth-order valence-corrected chi connectivity index (χ4v) is 4.35. The summed E-state index contributed by atoms with van der Waals surface area (Å²) in [6.45, 7) is 3.19. The second-order valence-electron chi connectivity index (χ2n) is 6.62. The van der Waals surface area contributed by atoms with Crippen molar-refractivity contribution in [3.05, 3.63) is 74.7 Å². The van der Waals surface area contributed by atoms with Crippen molar-refractivity contribution >= 4 is 51.3 Å². The van der Waals surface area contributed by atoms with Gasteiger partial charge in [-0.15, -0.1) is 11.3 Å². The predicted molar refractivity (Wildman–Crippen MR) is 119 cm³/mol. The third-order valence-electron chi connectivity index (χ3n) is 4.68. The molecule has 8 heteroatoms. The SMILES string of the molecule is O=C(Nc1ncc(Cc2cccc(Cl)c2Cl)s1)c1ccc(N2CCOCC2)cc1. The lowest BCUT2D eigenvalue weighted by Gasteiger charge is -2.28. The van der Waals surface area contributed by atoms with E-state index in [0.717, 1.165) is 42.4 Å². The number of hydrogen-bond donors (Lipinski definition) is 1. The highest BCUT2D eigenvalue weighted by atomic mass is 35.5. The summed E-state index contributed by atoms with van der Waals surface area (Å²) in [4.78, 5) is 20.1. The molecule has 2 aromatic carbocycles. The van der Waals surface area contributed by atoms with Crippen LogP contribution < -0.4 is 10.2 Å². The molecule has 1 aliphatic rings. The maximum Gasteiger partial charge on any atom is 0.257 e. The summed E-state index contributed by atoms with van der Waals surface area (Å²) in [7, 11) is 0. The highest BCUT2D eigenvalue weighted by Gasteiger charge is 2.14. The summed E-state index contributed by atoms with van der Waals surface area (Å²) < 4.78 is 5.38. The molecule has 0 bridgehead atoms. The Morgan fingerprint density at radius 3 is 2.66 bits per heavy atom. The quantitative estimate of drug-likeness (QED) is 0.588. The molecular weight excluding hydrogens is 429 g/mol. The number of carbonyl (C=O) groups is 1. The molecule has 1 amide bonds. The molecule has 0 saturated carbocycles. The Morgan fingerprint density at radius 1 is 1.14 bits per heavy atom. The van der Waals surface area contributed by atoms with Crippen LogP contribution in [0.15, 0.2) is 48.7 Å². The van der Waals surface area contributed by atoms with E-state index in [9.17, 15) is 4.79 Å². The van der Waals surface area contributed by atoms with Crippen LogP contribution in [0.25, 0.3) is 0 Å². The summed E-state index contributed by atoms with van der Waals surface area (Å²) in [5.74, 6) is -0.180. The van der Waals surface area contributed by atoms with Crippen molar-refractivity contribution in [2.75, 3.05) is 36.5 Å². The minimum atomic E-state index is -0.180. The maximum absolute atomic E-state index is 12.6. The van der Waals surface area contributed by atoms with Gasteiger partial charge in [0.1, 0.15) is 0 Å². The Morgan fingerprint density at radius 2 is 1.90 bits per heavy atom. The van der Waals surface area contributed by atoms with E-state index >= 15 is 0 Å². The number of nitrogens with zero attached hydrogens (tertiary/aromatic N) is 2. The van der Waals surface area contributed by atoms with Crippen LogP contribution in [-0.2, 0) is 11.2 Å². The molecule has 3 aromatic rings. The Hall–Kier alpha value is -2.12. The second-order valence-corrected chi connectivity index (χ2v) is 8.52. The smallest absolute Gasteiger partial charge is 0.257 e. The number of ether oxygens (including phenoxy) is 1. The normalized spacial score (nSPS) is 14.1. The third-order valence-corrected chi connectivity index (χ3v) is 6.45. The van der Waals surface area contributed by atoms with Crippen LogP contribution in [0.4, 0.5) is 10.8 Å². The van der Waals surface area contributed by atoms with Gasteiger partial charge in [-0.25, -0.2) is 4.98 Å².